The number of amides is 3. The second-order valence-corrected chi connectivity index (χ2v) is 6.76. The summed E-state index contributed by atoms with van der Waals surface area (Å²) in [6.45, 7) is 0.726. The van der Waals surface area contributed by atoms with Gasteiger partial charge in [-0.25, -0.2) is 0 Å². The zero-order valence-electron chi connectivity index (χ0n) is 15.7. The van der Waals surface area contributed by atoms with Crippen LogP contribution in [0.3, 0.4) is 0 Å². The van der Waals surface area contributed by atoms with Crippen LogP contribution in [-0.2, 0) is 0 Å². The van der Waals surface area contributed by atoms with Crippen molar-refractivity contribution in [3.63, 3.8) is 0 Å². The van der Waals surface area contributed by atoms with E-state index in [9.17, 15) is 14.4 Å². The third-order valence-electron chi connectivity index (χ3n) is 5.28. The van der Waals surface area contributed by atoms with E-state index in [1.54, 1.807) is 47.4 Å². The number of carbonyl (C=O) groups excluding carboxylic acids is 3. The summed E-state index contributed by atoms with van der Waals surface area (Å²) in [6.07, 6.45) is 0.536. The van der Waals surface area contributed by atoms with Gasteiger partial charge < -0.3 is 14.4 Å². The molecule has 1 saturated heterocycles. The molecule has 0 aromatic heterocycles. The Labute approximate surface area is 162 Å². The van der Waals surface area contributed by atoms with E-state index in [-0.39, 0.29) is 30.3 Å². The fraction of sp³-hybridized carbons (Fsp3) is 0.286. The van der Waals surface area contributed by atoms with Crippen molar-refractivity contribution in [3.05, 3.63) is 59.2 Å². The fourth-order valence-electron chi connectivity index (χ4n) is 3.90. The molecule has 1 fully saturated rings. The average Bonchev–Trinajstić information content (AvgIpc) is 3.30. The second kappa shape index (κ2) is 6.99. The van der Waals surface area contributed by atoms with Crippen molar-refractivity contribution in [3.8, 4) is 11.5 Å². The number of rotatable bonds is 4. The molecule has 0 N–H and O–H groups in total. The summed E-state index contributed by atoms with van der Waals surface area (Å²) in [5, 5.41) is 0. The molecule has 2 aromatic rings. The number of hydrogen-bond donors (Lipinski definition) is 0. The van der Waals surface area contributed by atoms with Crippen molar-refractivity contribution < 1.29 is 23.9 Å². The van der Waals surface area contributed by atoms with E-state index in [4.69, 9.17) is 9.47 Å². The molecule has 1 unspecified atom stereocenters. The Hall–Kier alpha value is -3.35. The van der Waals surface area contributed by atoms with Crippen molar-refractivity contribution >= 4 is 17.7 Å². The SMILES string of the molecule is COc1cccc(OC)c1C(=O)N1CCC(N2C(=O)c3ccccc3C2=O)C1. The highest BCUT2D eigenvalue weighted by molar-refractivity contribution is 6.21. The Kier molecular flexibility index (Phi) is 4.50. The van der Waals surface area contributed by atoms with E-state index in [0.29, 0.717) is 41.2 Å². The molecule has 0 radical (unpaired) electrons. The molecule has 3 amide bonds. The molecule has 2 aromatic carbocycles. The number of methoxy groups -OCH3 is 2. The monoisotopic (exact) mass is 380 g/mol. The van der Waals surface area contributed by atoms with Crippen LogP contribution in [0.15, 0.2) is 42.5 Å². The van der Waals surface area contributed by atoms with Crippen LogP contribution < -0.4 is 9.47 Å². The summed E-state index contributed by atoms with van der Waals surface area (Å²) in [4.78, 5) is 41.5. The zero-order chi connectivity index (χ0) is 19.8. The molecule has 144 valence electrons. The molecule has 28 heavy (non-hydrogen) atoms. The van der Waals surface area contributed by atoms with E-state index in [1.165, 1.54) is 19.1 Å². The zero-order valence-corrected chi connectivity index (χ0v) is 15.7. The summed E-state index contributed by atoms with van der Waals surface area (Å²) in [5.74, 6) is 0.0139. The third-order valence-corrected chi connectivity index (χ3v) is 5.28. The molecular formula is C21H20N2O5. The fourth-order valence-corrected chi connectivity index (χ4v) is 3.90. The first kappa shape index (κ1) is 18.0. The number of hydrogen-bond acceptors (Lipinski definition) is 5. The molecule has 2 heterocycles. The Bertz CT molecular complexity index is 914. The molecular weight excluding hydrogens is 360 g/mol. The van der Waals surface area contributed by atoms with Gasteiger partial charge in [0.15, 0.2) is 0 Å². The number of likely N-dealkylation sites (tertiary alicyclic amines) is 1. The van der Waals surface area contributed by atoms with E-state index in [2.05, 4.69) is 0 Å². The summed E-state index contributed by atoms with van der Waals surface area (Å²) >= 11 is 0. The highest BCUT2D eigenvalue weighted by Crippen LogP contribution is 2.32. The number of benzene rings is 2. The van der Waals surface area contributed by atoms with Gasteiger partial charge in [-0.05, 0) is 30.7 Å². The first-order valence-corrected chi connectivity index (χ1v) is 9.04. The normalized spacial score (nSPS) is 18.4. The minimum Gasteiger partial charge on any atom is -0.496 e. The maximum atomic E-state index is 13.1. The molecule has 2 aliphatic rings. The number of nitrogens with zero attached hydrogens (tertiary/aromatic N) is 2. The van der Waals surface area contributed by atoms with Gasteiger partial charge in [0.1, 0.15) is 17.1 Å². The minimum atomic E-state index is -0.350. The van der Waals surface area contributed by atoms with E-state index in [1.807, 2.05) is 0 Å². The lowest BCUT2D eigenvalue weighted by Crippen LogP contribution is -2.42. The van der Waals surface area contributed by atoms with Crippen molar-refractivity contribution in [1.82, 2.24) is 9.80 Å². The molecule has 0 aliphatic carbocycles. The maximum Gasteiger partial charge on any atom is 0.261 e. The first-order chi connectivity index (χ1) is 13.6. The number of imide groups is 1. The van der Waals surface area contributed by atoms with Gasteiger partial charge in [-0.1, -0.05) is 18.2 Å². The van der Waals surface area contributed by atoms with Gasteiger partial charge in [-0.15, -0.1) is 0 Å². The number of carbonyl (C=O) groups is 3. The van der Waals surface area contributed by atoms with Crippen LogP contribution >= 0.6 is 0 Å². The van der Waals surface area contributed by atoms with E-state index >= 15 is 0 Å². The lowest BCUT2D eigenvalue weighted by atomic mass is 10.1. The molecule has 7 heteroatoms. The number of ether oxygens (including phenoxy) is 2. The van der Waals surface area contributed by atoms with Crippen LogP contribution in [-0.4, -0.2) is 60.9 Å². The third kappa shape index (κ3) is 2.70. The first-order valence-electron chi connectivity index (χ1n) is 9.04. The molecule has 7 nitrogen and oxygen atoms in total. The predicted octanol–water partition coefficient (Wildman–Crippen LogP) is 2.21. The second-order valence-electron chi connectivity index (χ2n) is 6.76. The Balaban J connectivity index is 1.57. The van der Waals surface area contributed by atoms with Gasteiger partial charge in [-0.3, -0.25) is 19.3 Å². The van der Waals surface area contributed by atoms with Crippen molar-refractivity contribution in [2.75, 3.05) is 27.3 Å². The van der Waals surface area contributed by atoms with E-state index in [0.717, 1.165) is 0 Å². The van der Waals surface area contributed by atoms with E-state index < -0.39 is 0 Å². The van der Waals surface area contributed by atoms with Crippen molar-refractivity contribution in [1.29, 1.82) is 0 Å². The Morgan fingerprint density at radius 1 is 0.929 bits per heavy atom. The minimum absolute atomic E-state index is 0.242. The Morgan fingerprint density at radius 3 is 2.04 bits per heavy atom. The molecule has 0 spiro atoms. The maximum absolute atomic E-state index is 13.1. The summed E-state index contributed by atoms with van der Waals surface area (Å²) in [5.41, 5.74) is 1.18. The topological polar surface area (TPSA) is 76.2 Å². The highest BCUT2D eigenvalue weighted by Gasteiger charge is 2.43. The lowest BCUT2D eigenvalue weighted by molar-refractivity contribution is 0.0574. The van der Waals surface area contributed by atoms with Crippen molar-refractivity contribution in [2.24, 2.45) is 0 Å². The largest absolute Gasteiger partial charge is 0.496 e. The van der Waals surface area contributed by atoms with Crippen LogP contribution in [0, 0.1) is 0 Å². The van der Waals surface area contributed by atoms with Crippen LogP contribution in [0.2, 0.25) is 0 Å². The lowest BCUT2D eigenvalue weighted by Gasteiger charge is -2.23. The van der Waals surface area contributed by atoms with Crippen LogP contribution in [0.25, 0.3) is 0 Å². The summed E-state index contributed by atoms with van der Waals surface area (Å²) in [6, 6.07) is 11.6. The van der Waals surface area contributed by atoms with Gasteiger partial charge in [0.25, 0.3) is 17.7 Å². The number of fused-ring (bicyclic) bond motifs is 1. The molecule has 0 saturated carbocycles. The molecule has 4 rings (SSSR count). The van der Waals surface area contributed by atoms with Gasteiger partial charge in [0.05, 0.1) is 31.4 Å². The van der Waals surface area contributed by atoms with Crippen LogP contribution in [0.5, 0.6) is 11.5 Å². The smallest absolute Gasteiger partial charge is 0.261 e. The van der Waals surface area contributed by atoms with Crippen LogP contribution in [0.4, 0.5) is 0 Å². The van der Waals surface area contributed by atoms with Crippen LogP contribution in [0.1, 0.15) is 37.5 Å². The standard InChI is InChI=1S/C21H20N2O5/c1-27-16-8-5-9-17(28-2)18(16)21(26)22-11-10-13(12-22)23-19(24)14-6-3-4-7-15(14)20(23)25/h3-9,13H,10-12H2,1-2H3. The van der Waals surface area contributed by atoms with Gasteiger partial charge >= 0.3 is 0 Å². The highest BCUT2D eigenvalue weighted by atomic mass is 16.5. The quantitative estimate of drug-likeness (QED) is 0.760. The van der Waals surface area contributed by atoms with Gasteiger partial charge in [0.2, 0.25) is 0 Å². The van der Waals surface area contributed by atoms with Gasteiger partial charge in [0, 0.05) is 13.1 Å². The average molecular weight is 380 g/mol. The van der Waals surface area contributed by atoms with Gasteiger partial charge in [-0.2, -0.15) is 0 Å². The molecule has 0 bridgehead atoms. The van der Waals surface area contributed by atoms with Crippen molar-refractivity contribution in [2.45, 2.75) is 12.5 Å². The predicted molar refractivity (Wildman–Crippen MR) is 101 cm³/mol. The molecule has 1 atom stereocenters. The summed E-state index contributed by atoms with van der Waals surface area (Å²) in [7, 11) is 2.99. The Morgan fingerprint density at radius 2 is 1.50 bits per heavy atom. The summed E-state index contributed by atoms with van der Waals surface area (Å²) < 4.78 is 10.7. The molecule has 2 aliphatic heterocycles.